The standard InChI is InChI=1S/C16H32O4/c1-6-8-9-13-19-20-16(7-2,14(17)18)12-10-11-15(3,4)5/h6-13H2,1-5H3,(H,17,18). The van der Waals surface area contributed by atoms with E-state index in [4.69, 9.17) is 9.78 Å². The minimum atomic E-state index is -1.20. The summed E-state index contributed by atoms with van der Waals surface area (Å²) in [6, 6.07) is 0. The number of hydrogen-bond donors (Lipinski definition) is 1. The fourth-order valence-electron chi connectivity index (χ4n) is 2.04. The molecule has 0 amide bonds. The zero-order chi connectivity index (χ0) is 15.6. The van der Waals surface area contributed by atoms with Crippen molar-refractivity contribution in [3.63, 3.8) is 0 Å². The van der Waals surface area contributed by atoms with Crippen LogP contribution in [0.1, 0.15) is 79.6 Å². The van der Waals surface area contributed by atoms with E-state index in [1.54, 1.807) is 0 Å². The first kappa shape index (κ1) is 19.4. The van der Waals surface area contributed by atoms with E-state index in [-0.39, 0.29) is 5.41 Å². The average Bonchev–Trinajstić information content (AvgIpc) is 2.34. The third-order valence-electron chi connectivity index (χ3n) is 3.52. The Morgan fingerprint density at radius 1 is 1.05 bits per heavy atom. The van der Waals surface area contributed by atoms with Crippen LogP contribution >= 0.6 is 0 Å². The molecule has 4 heteroatoms. The van der Waals surface area contributed by atoms with Gasteiger partial charge in [-0.15, -0.1) is 0 Å². The van der Waals surface area contributed by atoms with Crippen molar-refractivity contribution in [1.29, 1.82) is 0 Å². The van der Waals surface area contributed by atoms with Gasteiger partial charge in [-0.1, -0.05) is 47.5 Å². The SMILES string of the molecule is CCCCCOOC(CC)(CCCC(C)(C)C)C(=O)O. The maximum atomic E-state index is 11.5. The number of hydrogen-bond acceptors (Lipinski definition) is 3. The van der Waals surface area contributed by atoms with Crippen molar-refractivity contribution in [3.05, 3.63) is 0 Å². The van der Waals surface area contributed by atoms with Gasteiger partial charge in [0.05, 0.1) is 6.61 Å². The molecule has 1 atom stereocenters. The van der Waals surface area contributed by atoms with Crippen molar-refractivity contribution < 1.29 is 19.7 Å². The van der Waals surface area contributed by atoms with Crippen LogP contribution in [0.25, 0.3) is 0 Å². The van der Waals surface area contributed by atoms with Gasteiger partial charge in [0.2, 0.25) is 0 Å². The summed E-state index contributed by atoms with van der Waals surface area (Å²) >= 11 is 0. The Balaban J connectivity index is 4.32. The van der Waals surface area contributed by atoms with Crippen molar-refractivity contribution >= 4 is 5.97 Å². The normalized spacial score (nSPS) is 15.1. The van der Waals surface area contributed by atoms with E-state index in [1.807, 2.05) is 6.92 Å². The molecular weight excluding hydrogens is 256 g/mol. The zero-order valence-electron chi connectivity index (χ0n) is 13.8. The average molecular weight is 288 g/mol. The lowest BCUT2D eigenvalue weighted by molar-refractivity contribution is -0.357. The highest BCUT2D eigenvalue weighted by molar-refractivity contribution is 5.77. The van der Waals surface area contributed by atoms with Crippen LogP contribution in [0.15, 0.2) is 0 Å². The molecule has 120 valence electrons. The van der Waals surface area contributed by atoms with E-state index < -0.39 is 11.6 Å². The largest absolute Gasteiger partial charge is 0.479 e. The second kappa shape index (κ2) is 9.35. The van der Waals surface area contributed by atoms with Crippen molar-refractivity contribution in [2.24, 2.45) is 5.41 Å². The number of carboxylic acid groups (broad SMARTS) is 1. The Kier molecular flexibility index (Phi) is 9.06. The van der Waals surface area contributed by atoms with Gasteiger partial charge in [0.1, 0.15) is 0 Å². The van der Waals surface area contributed by atoms with Gasteiger partial charge in [-0.05, 0) is 37.5 Å². The van der Waals surface area contributed by atoms with Gasteiger partial charge in [0, 0.05) is 0 Å². The molecule has 0 heterocycles. The zero-order valence-corrected chi connectivity index (χ0v) is 13.8. The molecule has 0 bridgehead atoms. The molecule has 1 N–H and O–H groups in total. The summed E-state index contributed by atoms with van der Waals surface area (Å²) < 4.78 is 0. The second-order valence-corrected chi connectivity index (χ2v) is 6.68. The fraction of sp³-hybridized carbons (Fsp3) is 0.938. The summed E-state index contributed by atoms with van der Waals surface area (Å²) in [6.45, 7) is 10.9. The van der Waals surface area contributed by atoms with E-state index in [9.17, 15) is 9.90 Å². The van der Waals surface area contributed by atoms with Crippen LogP contribution in [-0.2, 0) is 14.6 Å². The molecule has 0 fully saturated rings. The van der Waals surface area contributed by atoms with E-state index >= 15 is 0 Å². The van der Waals surface area contributed by atoms with Crippen LogP contribution in [-0.4, -0.2) is 23.3 Å². The Morgan fingerprint density at radius 3 is 2.15 bits per heavy atom. The predicted molar refractivity (Wildman–Crippen MR) is 80.5 cm³/mol. The van der Waals surface area contributed by atoms with Crippen LogP contribution in [0.2, 0.25) is 0 Å². The minimum absolute atomic E-state index is 0.208. The molecule has 0 aliphatic rings. The quantitative estimate of drug-likeness (QED) is 0.343. The number of carboxylic acids is 1. The predicted octanol–water partition coefficient (Wildman–Crippen LogP) is 4.57. The summed E-state index contributed by atoms with van der Waals surface area (Å²) in [6.07, 6.45) is 5.78. The highest BCUT2D eigenvalue weighted by Gasteiger charge is 2.39. The van der Waals surface area contributed by atoms with Crippen molar-refractivity contribution in [1.82, 2.24) is 0 Å². The van der Waals surface area contributed by atoms with Gasteiger partial charge >= 0.3 is 5.97 Å². The summed E-state index contributed by atoms with van der Waals surface area (Å²) in [5.74, 6) is -0.926. The lowest BCUT2D eigenvalue weighted by atomic mass is 9.86. The molecule has 0 aliphatic carbocycles. The van der Waals surface area contributed by atoms with Crippen LogP contribution < -0.4 is 0 Å². The molecule has 1 unspecified atom stereocenters. The van der Waals surface area contributed by atoms with Gasteiger partial charge in [-0.3, -0.25) is 0 Å². The van der Waals surface area contributed by atoms with E-state index in [0.717, 1.165) is 32.1 Å². The van der Waals surface area contributed by atoms with E-state index in [2.05, 4.69) is 27.7 Å². The highest BCUT2D eigenvalue weighted by Crippen LogP contribution is 2.29. The summed E-state index contributed by atoms with van der Waals surface area (Å²) in [7, 11) is 0. The fourth-order valence-corrected chi connectivity index (χ4v) is 2.04. The van der Waals surface area contributed by atoms with Gasteiger partial charge in [-0.25, -0.2) is 14.6 Å². The molecule has 0 saturated heterocycles. The molecule has 0 radical (unpaired) electrons. The molecule has 0 rings (SSSR count). The molecule has 0 aromatic rings. The molecule has 0 spiro atoms. The van der Waals surface area contributed by atoms with Crippen molar-refractivity contribution in [2.75, 3.05) is 6.61 Å². The number of aliphatic carboxylic acids is 1. The molecule has 0 aliphatic heterocycles. The topological polar surface area (TPSA) is 55.8 Å². The lowest BCUT2D eigenvalue weighted by Crippen LogP contribution is -2.41. The van der Waals surface area contributed by atoms with Crippen molar-refractivity contribution in [2.45, 2.75) is 85.2 Å². The number of rotatable bonds is 11. The summed E-state index contributed by atoms with van der Waals surface area (Å²) in [4.78, 5) is 22.0. The van der Waals surface area contributed by atoms with Crippen LogP contribution in [0.5, 0.6) is 0 Å². The molecule has 4 nitrogen and oxygen atoms in total. The first-order chi connectivity index (χ1) is 9.27. The molecule has 0 aromatic carbocycles. The highest BCUT2D eigenvalue weighted by atomic mass is 17.2. The summed E-state index contributed by atoms with van der Waals surface area (Å²) in [5.41, 5.74) is -0.989. The van der Waals surface area contributed by atoms with E-state index in [1.165, 1.54) is 0 Å². The van der Waals surface area contributed by atoms with Crippen molar-refractivity contribution in [3.8, 4) is 0 Å². The van der Waals surface area contributed by atoms with Crippen LogP contribution in [0.4, 0.5) is 0 Å². The Morgan fingerprint density at radius 2 is 1.70 bits per heavy atom. The Labute approximate surface area is 123 Å². The molecule has 20 heavy (non-hydrogen) atoms. The number of carbonyl (C=O) groups is 1. The van der Waals surface area contributed by atoms with Gasteiger partial charge in [0.25, 0.3) is 0 Å². The minimum Gasteiger partial charge on any atom is -0.479 e. The number of unbranched alkanes of at least 4 members (excludes halogenated alkanes) is 2. The second-order valence-electron chi connectivity index (χ2n) is 6.68. The molecule has 0 aromatic heterocycles. The Hall–Kier alpha value is -0.610. The van der Waals surface area contributed by atoms with Gasteiger partial charge in [0.15, 0.2) is 5.60 Å². The van der Waals surface area contributed by atoms with Crippen LogP contribution in [0, 0.1) is 5.41 Å². The third kappa shape index (κ3) is 7.85. The first-order valence-corrected chi connectivity index (χ1v) is 7.81. The monoisotopic (exact) mass is 288 g/mol. The summed E-state index contributed by atoms with van der Waals surface area (Å²) in [5, 5.41) is 9.45. The smallest absolute Gasteiger partial charge is 0.339 e. The maximum absolute atomic E-state index is 11.5. The first-order valence-electron chi connectivity index (χ1n) is 7.81. The maximum Gasteiger partial charge on any atom is 0.339 e. The van der Waals surface area contributed by atoms with Crippen LogP contribution in [0.3, 0.4) is 0 Å². The third-order valence-corrected chi connectivity index (χ3v) is 3.52. The lowest BCUT2D eigenvalue weighted by Gasteiger charge is -2.28. The van der Waals surface area contributed by atoms with Gasteiger partial charge < -0.3 is 5.11 Å². The van der Waals surface area contributed by atoms with Gasteiger partial charge in [-0.2, -0.15) is 0 Å². The molecule has 0 saturated carbocycles. The van der Waals surface area contributed by atoms with E-state index in [0.29, 0.717) is 19.4 Å². The molecular formula is C16H32O4. The Bertz CT molecular complexity index is 270.